The van der Waals surface area contributed by atoms with E-state index in [-0.39, 0.29) is 6.10 Å². The van der Waals surface area contributed by atoms with Gasteiger partial charge in [-0.05, 0) is 25.7 Å². The maximum atomic E-state index is 10.2. The smallest absolute Gasteiger partial charge is 0.142 e. The lowest BCUT2D eigenvalue weighted by Gasteiger charge is -2.37. The van der Waals surface area contributed by atoms with Crippen molar-refractivity contribution in [1.29, 1.82) is 0 Å². The van der Waals surface area contributed by atoms with Crippen LogP contribution in [0.1, 0.15) is 6.92 Å². The summed E-state index contributed by atoms with van der Waals surface area (Å²) in [5, 5.41) is 10.2. The van der Waals surface area contributed by atoms with Crippen molar-refractivity contribution in [3.63, 3.8) is 0 Å². The second kappa shape index (κ2) is 8.36. The predicted molar refractivity (Wildman–Crippen MR) is 90.8 cm³/mol. The molecule has 1 atom stereocenters. The number of methoxy groups -OCH3 is 1. The summed E-state index contributed by atoms with van der Waals surface area (Å²) in [5.41, 5.74) is 1.16. The van der Waals surface area contributed by atoms with Crippen molar-refractivity contribution < 1.29 is 9.84 Å². The van der Waals surface area contributed by atoms with Gasteiger partial charge in [0.1, 0.15) is 5.75 Å². The van der Waals surface area contributed by atoms with Gasteiger partial charge in [-0.25, -0.2) is 0 Å². The third-order valence-electron chi connectivity index (χ3n) is 4.33. The van der Waals surface area contributed by atoms with E-state index < -0.39 is 0 Å². The topological polar surface area (TPSA) is 39.2 Å². The van der Waals surface area contributed by atoms with Crippen molar-refractivity contribution in [2.75, 3.05) is 64.9 Å². The highest BCUT2D eigenvalue weighted by Crippen LogP contribution is 2.28. The first kappa shape index (κ1) is 17.1. The maximum absolute atomic E-state index is 10.2. The van der Waals surface area contributed by atoms with E-state index in [4.69, 9.17) is 4.74 Å². The van der Waals surface area contributed by atoms with E-state index in [1.807, 2.05) is 19.2 Å². The molecular weight excluding hydrogens is 278 g/mol. The number of rotatable bonds is 7. The van der Waals surface area contributed by atoms with Crippen LogP contribution in [0.15, 0.2) is 24.3 Å². The van der Waals surface area contributed by atoms with Crippen LogP contribution in [0, 0.1) is 0 Å². The lowest BCUT2D eigenvalue weighted by molar-refractivity contribution is 0.0810. The van der Waals surface area contributed by atoms with Crippen molar-refractivity contribution in [2.45, 2.75) is 13.0 Å². The molecule has 1 N–H and O–H groups in total. The zero-order valence-electron chi connectivity index (χ0n) is 14.0. The Morgan fingerprint density at radius 1 is 1.23 bits per heavy atom. The Labute approximate surface area is 134 Å². The van der Waals surface area contributed by atoms with Gasteiger partial charge in [-0.15, -0.1) is 0 Å². The molecule has 0 unspecified atom stereocenters. The molecule has 0 spiro atoms. The minimum absolute atomic E-state index is 0.275. The zero-order chi connectivity index (χ0) is 15.9. The first-order valence-electron chi connectivity index (χ1n) is 8.11. The Kier molecular flexibility index (Phi) is 6.49. The molecule has 1 fully saturated rings. The van der Waals surface area contributed by atoms with Gasteiger partial charge in [0, 0.05) is 39.3 Å². The number of ether oxygens (including phenoxy) is 1. The second-order valence-corrected chi connectivity index (χ2v) is 5.97. The number of aliphatic hydroxyl groups is 1. The highest BCUT2D eigenvalue weighted by atomic mass is 16.5. The molecule has 0 saturated carbocycles. The number of nitrogens with zero attached hydrogens (tertiary/aromatic N) is 3. The second-order valence-electron chi connectivity index (χ2n) is 5.97. The molecule has 0 aromatic heterocycles. The third kappa shape index (κ3) is 4.60. The van der Waals surface area contributed by atoms with Crippen molar-refractivity contribution in [2.24, 2.45) is 0 Å². The summed E-state index contributed by atoms with van der Waals surface area (Å²) in [6.45, 7) is 8.47. The normalized spacial score (nSPS) is 17.8. The number of likely N-dealkylation sites (N-methyl/N-ethyl adjacent to an activating group) is 1. The first-order chi connectivity index (χ1) is 10.6. The molecule has 0 radical (unpaired) electrons. The number of hydrogen-bond acceptors (Lipinski definition) is 5. The quantitative estimate of drug-likeness (QED) is 0.818. The Hall–Kier alpha value is -1.30. The van der Waals surface area contributed by atoms with E-state index in [9.17, 15) is 5.11 Å². The van der Waals surface area contributed by atoms with Crippen molar-refractivity contribution in [1.82, 2.24) is 9.80 Å². The van der Waals surface area contributed by atoms with Crippen molar-refractivity contribution in [3.05, 3.63) is 24.3 Å². The van der Waals surface area contributed by atoms with E-state index in [0.29, 0.717) is 0 Å². The number of benzene rings is 1. The van der Waals surface area contributed by atoms with Crippen molar-refractivity contribution >= 4 is 5.69 Å². The standard InChI is InChI=1S/C17H29N3O2/c1-4-18(2)13-15(21)14-19-9-11-20(12-10-19)16-7-5-6-8-17(16)22-3/h5-8,15,21H,4,9-14H2,1-3H3/t15-/m0/s1. The molecule has 0 amide bonds. The van der Waals surface area contributed by atoms with Crippen molar-refractivity contribution in [3.8, 4) is 5.75 Å². The average molecular weight is 307 g/mol. The molecule has 0 aliphatic carbocycles. The summed E-state index contributed by atoms with van der Waals surface area (Å²) in [7, 11) is 3.76. The number of anilines is 1. The molecule has 1 aliphatic heterocycles. The number of aliphatic hydroxyl groups excluding tert-OH is 1. The van der Waals surface area contributed by atoms with E-state index in [1.165, 1.54) is 0 Å². The van der Waals surface area contributed by atoms with Crippen LogP contribution in [-0.4, -0.2) is 81.0 Å². The monoisotopic (exact) mass is 307 g/mol. The van der Waals surface area contributed by atoms with Crippen LogP contribution < -0.4 is 9.64 Å². The molecule has 0 bridgehead atoms. The van der Waals surface area contributed by atoms with Crippen LogP contribution in [0.25, 0.3) is 0 Å². The van der Waals surface area contributed by atoms with Crippen LogP contribution in [0.2, 0.25) is 0 Å². The van der Waals surface area contributed by atoms with Gasteiger partial charge in [0.2, 0.25) is 0 Å². The zero-order valence-corrected chi connectivity index (χ0v) is 14.0. The number of β-amino-alcohol motifs (C(OH)–C–C–N with tert-alkyl or cyclic N) is 1. The van der Waals surface area contributed by atoms with Gasteiger partial charge < -0.3 is 19.6 Å². The first-order valence-corrected chi connectivity index (χ1v) is 8.11. The van der Waals surface area contributed by atoms with Gasteiger partial charge in [-0.1, -0.05) is 19.1 Å². The molecule has 5 heteroatoms. The lowest BCUT2D eigenvalue weighted by Crippen LogP contribution is -2.50. The predicted octanol–water partition coefficient (Wildman–Crippen LogP) is 1.13. The van der Waals surface area contributed by atoms with Crippen LogP contribution >= 0.6 is 0 Å². The van der Waals surface area contributed by atoms with Gasteiger partial charge in [-0.2, -0.15) is 0 Å². The van der Waals surface area contributed by atoms with Gasteiger partial charge >= 0.3 is 0 Å². The SMILES string of the molecule is CCN(C)C[C@H](O)CN1CCN(c2ccccc2OC)CC1. The summed E-state index contributed by atoms with van der Waals surface area (Å²) in [6, 6.07) is 8.17. The Morgan fingerprint density at radius 3 is 2.55 bits per heavy atom. The highest BCUT2D eigenvalue weighted by molar-refractivity contribution is 5.58. The molecule has 1 aliphatic rings. The molecule has 1 aromatic rings. The van der Waals surface area contributed by atoms with Gasteiger partial charge in [-0.3, -0.25) is 4.90 Å². The molecule has 1 saturated heterocycles. The summed E-state index contributed by atoms with van der Waals surface area (Å²) < 4.78 is 5.45. The van der Waals surface area contributed by atoms with Crippen LogP contribution in [0.5, 0.6) is 5.75 Å². The fourth-order valence-corrected chi connectivity index (χ4v) is 2.91. The Balaban J connectivity index is 1.83. The Bertz CT molecular complexity index is 447. The van der Waals surface area contributed by atoms with Gasteiger partial charge in [0.15, 0.2) is 0 Å². The molecule has 1 heterocycles. The van der Waals surface area contributed by atoms with Gasteiger partial charge in [0.05, 0.1) is 18.9 Å². The fraction of sp³-hybridized carbons (Fsp3) is 0.647. The van der Waals surface area contributed by atoms with E-state index in [1.54, 1.807) is 7.11 Å². The third-order valence-corrected chi connectivity index (χ3v) is 4.33. The molecule has 5 nitrogen and oxygen atoms in total. The summed E-state index contributed by atoms with van der Waals surface area (Å²) in [4.78, 5) is 6.86. The van der Waals surface area contributed by atoms with E-state index in [2.05, 4.69) is 33.8 Å². The average Bonchev–Trinajstić information content (AvgIpc) is 2.55. The summed E-state index contributed by atoms with van der Waals surface area (Å²) >= 11 is 0. The van der Waals surface area contributed by atoms with E-state index >= 15 is 0 Å². The number of piperazine rings is 1. The van der Waals surface area contributed by atoms with Crippen LogP contribution in [-0.2, 0) is 0 Å². The molecule has 1 aromatic carbocycles. The Morgan fingerprint density at radius 2 is 1.91 bits per heavy atom. The van der Waals surface area contributed by atoms with Crippen LogP contribution in [0.4, 0.5) is 5.69 Å². The van der Waals surface area contributed by atoms with E-state index in [0.717, 1.165) is 57.3 Å². The minimum Gasteiger partial charge on any atom is -0.495 e. The van der Waals surface area contributed by atoms with Gasteiger partial charge in [0.25, 0.3) is 0 Å². The van der Waals surface area contributed by atoms with Crippen LogP contribution in [0.3, 0.4) is 0 Å². The molecule has 124 valence electrons. The number of para-hydroxylation sites is 2. The largest absolute Gasteiger partial charge is 0.495 e. The fourth-order valence-electron chi connectivity index (χ4n) is 2.91. The maximum Gasteiger partial charge on any atom is 0.142 e. The highest BCUT2D eigenvalue weighted by Gasteiger charge is 2.21. The summed E-state index contributed by atoms with van der Waals surface area (Å²) in [5.74, 6) is 0.931. The lowest BCUT2D eigenvalue weighted by atomic mass is 10.2. The molecule has 22 heavy (non-hydrogen) atoms. The molecule has 2 rings (SSSR count). The number of hydrogen-bond donors (Lipinski definition) is 1. The molecular formula is C17H29N3O2. The summed E-state index contributed by atoms with van der Waals surface area (Å²) in [6.07, 6.45) is -0.275. The minimum atomic E-state index is -0.275.